The zero-order valence-corrected chi connectivity index (χ0v) is 10.1. The number of hydrogen-bond donors (Lipinski definition) is 1. The highest BCUT2D eigenvalue weighted by Crippen LogP contribution is 2.44. The topological polar surface area (TPSA) is 43.8 Å². The fraction of sp³-hybridized carbons (Fsp3) is 0.357. The predicted molar refractivity (Wildman–Crippen MR) is 67.5 cm³/mol. The van der Waals surface area contributed by atoms with Gasteiger partial charge in [0.15, 0.2) is 0 Å². The van der Waals surface area contributed by atoms with Gasteiger partial charge in [-0.3, -0.25) is 4.68 Å². The van der Waals surface area contributed by atoms with Crippen LogP contribution in [-0.2, 0) is 6.54 Å². The van der Waals surface area contributed by atoms with Gasteiger partial charge in [0.05, 0.1) is 12.2 Å². The first-order valence-electron chi connectivity index (χ1n) is 6.25. The van der Waals surface area contributed by atoms with E-state index >= 15 is 0 Å². The van der Waals surface area contributed by atoms with Gasteiger partial charge in [-0.2, -0.15) is 5.10 Å². The predicted octanol–water partition coefficient (Wildman–Crippen LogP) is 2.60. The number of halogens is 1. The minimum absolute atomic E-state index is 0.172. The number of nitrogens with two attached hydrogens (primary N) is 1. The Balaban J connectivity index is 1.64. The molecule has 1 aliphatic rings. The Hall–Kier alpha value is -1.68. The molecule has 1 aliphatic carbocycles. The van der Waals surface area contributed by atoms with E-state index < -0.39 is 0 Å². The quantitative estimate of drug-likeness (QED) is 0.903. The van der Waals surface area contributed by atoms with Crippen LogP contribution in [0.5, 0.6) is 0 Å². The molecule has 1 heterocycles. The maximum Gasteiger partial charge on any atom is 0.123 e. The first kappa shape index (κ1) is 11.4. The van der Waals surface area contributed by atoms with Crippen LogP contribution in [0.1, 0.15) is 35.9 Å². The first-order chi connectivity index (χ1) is 8.76. The molecule has 2 aromatic rings. The summed E-state index contributed by atoms with van der Waals surface area (Å²) in [6.45, 7) is 0.536. The van der Waals surface area contributed by atoms with E-state index in [0.29, 0.717) is 18.5 Å². The Labute approximate surface area is 105 Å². The Morgan fingerprint density at radius 1 is 1.28 bits per heavy atom. The maximum absolute atomic E-state index is 12.8. The van der Waals surface area contributed by atoms with Crippen LogP contribution in [0.3, 0.4) is 0 Å². The molecule has 0 amide bonds. The lowest BCUT2D eigenvalue weighted by Gasteiger charge is -2.35. The molecule has 0 bridgehead atoms. The number of aromatic nitrogens is 2. The summed E-state index contributed by atoms with van der Waals surface area (Å²) < 4.78 is 14.8. The molecule has 0 unspecified atom stereocenters. The summed E-state index contributed by atoms with van der Waals surface area (Å²) in [5, 5.41) is 4.33. The summed E-state index contributed by atoms with van der Waals surface area (Å²) in [6, 6.07) is 7.28. The van der Waals surface area contributed by atoms with Crippen molar-refractivity contribution in [3.63, 3.8) is 0 Å². The van der Waals surface area contributed by atoms with Crippen molar-refractivity contribution in [2.75, 3.05) is 0 Å². The third-order valence-corrected chi connectivity index (χ3v) is 3.72. The van der Waals surface area contributed by atoms with Gasteiger partial charge in [-0.25, -0.2) is 4.39 Å². The van der Waals surface area contributed by atoms with E-state index in [1.807, 2.05) is 29.2 Å². The minimum atomic E-state index is -0.172. The van der Waals surface area contributed by atoms with Gasteiger partial charge in [-0.1, -0.05) is 12.1 Å². The van der Waals surface area contributed by atoms with E-state index in [0.717, 1.165) is 18.4 Å². The van der Waals surface area contributed by atoms with Gasteiger partial charge in [0, 0.05) is 18.3 Å². The molecule has 18 heavy (non-hydrogen) atoms. The standard InChI is InChI=1S/C14H16FN3/c15-13-3-1-11(2-4-13)12-5-14(6-12)18-9-10(7-16)8-17-18/h1-4,8-9,12,14H,5-7,16H2. The molecule has 0 spiro atoms. The average molecular weight is 245 g/mol. The molecule has 0 aliphatic heterocycles. The van der Waals surface area contributed by atoms with Gasteiger partial charge in [-0.05, 0) is 36.5 Å². The fourth-order valence-electron chi connectivity index (χ4n) is 2.49. The molecule has 3 nitrogen and oxygen atoms in total. The molecule has 1 aromatic heterocycles. The fourth-order valence-corrected chi connectivity index (χ4v) is 2.49. The average Bonchev–Trinajstić information content (AvgIpc) is 2.78. The lowest BCUT2D eigenvalue weighted by Crippen LogP contribution is -2.25. The maximum atomic E-state index is 12.8. The van der Waals surface area contributed by atoms with E-state index in [9.17, 15) is 4.39 Å². The van der Waals surface area contributed by atoms with Gasteiger partial charge in [0.1, 0.15) is 5.82 Å². The highest BCUT2D eigenvalue weighted by Gasteiger charge is 2.31. The summed E-state index contributed by atoms with van der Waals surface area (Å²) >= 11 is 0. The van der Waals surface area contributed by atoms with Crippen molar-refractivity contribution in [1.29, 1.82) is 0 Å². The van der Waals surface area contributed by atoms with E-state index in [1.165, 1.54) is 17.7 Å². The Bertz CT molecular complexity index is 526. The third kappa shape index (κ3) is 2.04. The smallest absolute Gasteiger partial charge is 0.123 e. The van der Waals surface area contributed by atoms with Crippen LogP contribution in [0.4, 0.5) is 4.39 Å². The van der Waals surface area contributed by atoms with Crippen LogP contribution in [0.15, 0.2) is 36.7 Å². The second-order valence-electron chi connectivity index (χ2n) is 4.91. The lowest BCUT2D eigenvalue weighted by atomic mass is 9.76. The van der Waals surface area contributed by atoms with Crippen molar-refractivity contribution < 1.29 is 4.39 Å². The van der Waals surface area contributed by atoms with Crippen LogP contribution in [0.25, 0.3) is 0 Å². The Kier molecular flexibility index (Phi) is 2.88. The van der Waals surface area contributed by atoms with Gasteiger partial charge in [0.2, 0.25) is 0 Å². The molecule has 2 N–H and O–H groups in total. The molecule has 1 fully saturated rings. The molecular weight excluding hydrogens is 229 g/mol. The van der Waals surface area contributed by atoms with Crippen molar-refractivity contribution in [1.82, 2.24) is 9.78 Å². The zero-order valence-electron chi connectivity index (χ0n) is 10.1. The van der Waals surface area contributed by atoms with E-state index in [1.54, 1.807) is 0 Å². The molecule has 0 radical (unpaired) electrons. The molecule has 1 aromatic carbocycles. The summed E-state index contributed by atoms with van der Waals surface area (Å²) in [5.41, 5.74) is 7.86. The van der Waals surface area contributed by atoms with E-state index in [-0.39, 0.29) is 5.82 Å². The highest BCUT2D eigenvalue weighted by atomic mass is 19.1. The molecule has 0 atom stereocenters. The Morgan fingerprint density at radius 3 is 2.61 bits per heavy atom. The van der Waals surface area contributed by atoms with Gasteiger partial charge < -0.3 is 5.73 Å². The van der Waals surface area contributed by atoms with Crippen LogP contribution in [-0.4, -0.2) is 9.78 Å². The van der Waals surface area contributed by atoms with Crippen molar-refractivity contribution in [3.8, 4) is 0 Å². The molecular formula is C14H16FN3. The van der Waals surface area contributed by atoms with Crippen molar-refractivity contribution in [3.05, 3.63) is 53.6 Å². The molecule has 1 saturated carbocycles. The monoisotopic (exact) mass is 245 g/mol. The van der Waals surface area contributed by atoms with Crippen molar-refractivity contribution in [2.24, 2.45) is 5.73 Å². The summed E-state index contributed by atoms with van der Waals surface area (Å²) in [7, 11) is 0. The van der Waals surface area contributed by atoms with Crippen LogP contribution >= 0.6 is 0 Å². The van der Waals surface area contributed by atoms with Crippen LogP contribution in [0.2, 0.25) is 0 Å². The largest absolute Gasteiger partial charge is 0.326 e. The lowest BCUT2D eigenvalue weighted by molar-refractivity contribution is 0.245. The van der Waals surface area contributed by atoms with Gasteiger partial charge >= 0.3 is 0 Å². The molecule has 94 valence electrons. The van der Waals surface area contributed by atoms with Crippen LogP contribution in [0, 0.1) is 5.82 Å². The summed E-state index contributed by atoms with van der Waals surface area (Å²) in [5.74, 6) is 0.357. The number of rotatable bonds is 3. The number of benzene rings is 1. The van der Waals surface area contributed by atoms with E-state index in [2.05, 4.69) is 5.10 Å². The van der Waals surface area contributed by atoms with E-state index in [4.69, 9.17) is 5.73 Å². The SMILES string of the molecule is NCc1cnn(C2CC(c3ccc(F)cc3)C2)c1. The normalized spacial score (nSPS) is 22.8. The summed E-state index contributed by atoms with van der Waals surface area (Å²) in [4.78, 5) is 0. The Morgan fingerprint density at radius 2 is 2.00 bits per heavy atom. The third-order valence-electron chi connectivity index (χ3n) is 3.72. The molecule has 3 rings (SSSR count). The highest BCUT2D eigenvalue weighted by molar-refractivity contribution is 5.23. The number of hydrogen-bond acceptors (Lipinski definition) is 2. The van der Waals surface area contributed by atoms with Crippen molar-refractivity contribution >= 4 is 0 Å². The summed E-state index contributed by atoms with van der Waals surface area (Å²) in [6.07, 6.45) is 5.98. The second kappa shape index (κ2) is 4.53. The van der Waals surface area contributed by atoms with Crippen molar-refractivity contribution in [2.45, 2.75) is 31.3 Å². The second-order valence-corrected chi connectivity index (χ2v) is 4.91. The number of nitrogens with zero attached hydrogens (tertiary/aromatic N) is 2. The molecule has 0 saturated heterocycles. The van der Waals surface area contributed by atoms with Gasteiger partial charge in [0.25, 0.3) is 0 Å². The van der Waals surface area contributed by atoms with Gasteiger partial charge in [-0.15, -0.1) is 0 Å². The first-order valence-corrected chi connectivity index (χ1v) is 6.25. The minimum Gasteiger partial charge on any atom is -0.326 e. The van der Waals surface area contributed by atoms with Crippen LogP contribution < -0.4 is 5.73 Å². The molecule has 4 heteroatoms. The zero-order chi connectivity index (χ0) is 12.5.